The first kappa shape index (κ1) is 13.3. The number of carbonyl (C=O) groups is 1. The van der Waals surface area contributed by atoms with E-state index in [1.807, 2.05) is 42.5 Å². The number of ether oxygens (including phenoxy) is 1. The van der Waals surface area contributed by atoms with Crippen molar-refractivity contribution in [3.05, 3.63) is 59.9 Å². The quantitative estimate of drug-likeness (QED) is 0.796. The van der Waals surface area contributed by atoms with Gasteiger partial charge >= 0.3 is 0 Å². The Hall–Kier alpha value is -2.16. The van der Waals surface area contributed by atoms with E-state index in [2.05, 4.69) is 4.98 Å². The van der Waals surface area contributed by atoms with Gasteiger partial charge in [0.25, 0.3) is 0 Å². The van der Waals surface area contributed by atoms with Crippen LogP contribution in [0.4, 0.5) is 0 Å². The minimum Gasteiger partial charge on any atom is -0.493 e. The summed E-state index contributed by atoms with van der Waals surface area (Å²) in [6.45, 7) is 2.19. The van der Waals surface area contributed by atoms with Gasteiger partial charge in [0.1, 0.15) is 11.5 Å². The monoisotopic (exact) mass is 255 g/mol. The predicted molar refractivity (Wildman–Crippen MR) is 74.3 cm³/mol. The molecule has 0 atom stereocenters. The number of rotatable bonds is 6. The number of hydrogen-bond donors (Lipinski definition) is 0. The fraction of sp³-hybridized carbons (Fsp3) is 0.250. The summed E-state index contributed by atoms with van der Waals surface area (Å²) in [5.74, 6) is 0.993. The lowest BCUT2D eigenvalue weighted by molar-refractivity contribution is -0.116. The normalized spacial score (nSPS) is 10.2. The smallest absolute Gasteiger partial charge is 0.134 e. The van der Waals surface area contributed by atoms with Gasteiger partial charge < -0.3 is 4.74 Å². The summed E-state index contributed by atoms with van der Waals surface area (Å²) in [6, 6.07) is 13.5. The van der Waals surface area contributed by atoms with Crippen LogP contribution in [0.15, 0.2) is 48.7 Å². The molecule has 0 aliphatic rings. The molecule has 0 aliphatic carbocycles. The molecular formula is C16H17NO2. The van der Waals surface area contributed by atoms with Crippen LogP contribution in [0, 0.1) is 0 Å². The van der Waals surface area contributed by atoms with Gasteiger partial charge in [-0.15, -0.1) is 0 Å². The third-order valence-electron chi connectivity index (χ3n) is 2.73. The van der Waals surface area contributed by atoms with Gasteiger partial charge in [-0.1, -0.05) is 18.2 Å². The zero-order valence-corrected chi connectivity index (χ0v) is 11.0. The van der Waals surface area contributed by atoms with Crippen molar-refractivity contribution in [2.24, 2.45) is 0 Å². The van der Waals surface area contributed by atoms with Crippen LogP contribution < -0.4 is 4.74 Å². The van der Waals surface area contributed by atoms with Crippen LogP contribution in [0.1, 0.15) is 18.2 Å². The fourth-order valence-electron chi connectivity index (χ4n) is 1.81. The molecule has 0 saturated carbocycles. The molecule has 98 valence electrons. The molecule has 0 spiro atoms. The number of Topliss-reactive ketones (excluding diaryl/α,β-unsaturated/α-hetero) is 1. The first-order valence-electron chi connectivity index (χ1n) is 6.35. The molecule has 3 heteroatoms. The molecule has 2 rings (SSSR count). The molecule has 1 aromatic carbocycles. The molecule has 0 radical (unpaired) electrons. The highest BCUT2D eigenvalue weighted by molar-refractivity contribution is 5.78. The van der Waals surface area contributed by atoms with Crippen LogP contribution in [0.5, 0.6) is 5.75 Å². The molecular weight excluding hydrogens is 238 g/mol. The molecule has 1 heterocycles. The Morgan fingerprint density at radius 1 is 1.16 bits per heavy atom. The average molecular weight is 255 g/mol. The summed E-state index contributed by atoms with van der Waals surface area (Å²) < 4.78 is 5.64. The molecule has 0 aliphatic heterocycles. The number of aromatic nitrogens is 1. The Morgan fingerprint density at radius 2 is 1.95 bits per heavy atom. The summed E-state index contributed by atoms with van der Waals surface area (Å²) in [7, 11) is 0. The first-order valence-corrected chi connectivity index (χ1v) is 6.35. The minimum atomic E-state index is 0.170. The summed E-state index contributed by atoms with van der Waals surface area (Å²) in [6.07, 6.45) is 3.05. The molecule has 0 saturated heterocycles. The standard InChI is InChI=1S/C16H17NO2/c1-13(18)12-14-5-7-16(8-6-14)19-11-9-15-4-2-3-10-17-15/h2-8,10H,9,11-12H2,1H3. The highest BCUT2D eigenvalue weighted by Gasteiger charge is 1.99. The van der Waals surface area contributed by atoms with Gasteiger partial charge in [0.05, 0.1) is 6.61 Å². The van der Waals surface area contributed by atoms with E-state index in [0.717, 1.165) is 23.4 Å². The van der Waals surface area contributed by atoms with Crippen LogP contribution in [0.3, 0.4) is 0 Å². The Morgan fingerprint density at radius 3 is 2.58 bits per heavy atom. The van der Waals surface area contributed by atoms with E-state index in [0.29, 0.717) is 13.0 Å². The molecule has 1 aromatic heterocycles. The van der Waals surface area contributed by atoms with E-state index in [4.69, 9.17) is 4.74 Å². The van der Waals surface area contributed by atoms with Crippen molar-refractivity contribution in [3.63, 3.8) is 0 Å². The maximum absolute atomic E-state index is 11.0. The molecule has 3 nitrogen and oxygen atoms in total. The van der Waals surface area contributed by atoms with Crippen LogP contribution >= 0.6 is 0 Å². The van der Waals surface area contributed by atoms with E-state index in [1.165, 1.54) is 0 Å². The molecule has 19 heavy (non-hydrogen) atoms. The Bertz CT molecular complexity index is 520. The van der Waals surface area contributed by atoms with Crippen LogP contribution in [0.2, 0.25) is 0 Å². The third-order valence-corrected chi connectivity index (χ3v) is 2.73. The summed E-state index contributed by atoms with van der Waals surface area (Å²) in [5.41, 5.74) is 2.04. The van der Waals surface area contributed by atoms with Crippen molar-refractivity contribution < 1.29 is 9.53 Å². The fourth-order valence-corrected chi connectivity index (χ4v) is 1.81. The maximum atomic E-state index is 11.0. The lowest BCUT2D eigenvalue weighted by Gasteiger charge is -2.06. The first-order chi connectivity index (χ1) is 9.24. The van der Waals surface area contributed by atoms with E-state index < -0.39 is 0 Å². The Labute approximate surface area is 113 Å². The molecule has 0 amide bonds. The largest absolute Gasteiger partial charge is 0.493 e. The van der Waals surface area contributed by atoms with Gasteiger partial charge in [-0.25, -0.2) is 0 Å². The zero-order valence-electron chi connectivity index (χ0n) is 11.0. The second-order valence-electron chi connectivity index (χ2n) is 4.44. The summed E-state index contributed by atoms with van der Waals surface area (Å²) in [5, 5.41) is 0. The highest BCUT2D eigenvalue weighted by Crippen LogP contribution is 2.13. The Balaban J connectivity index is 1.81. The average Bonchev–Trinajstić information content (AvgIpc) is 2.41. The van der Waals surface area contributed by atoms with Crippen molar-refractivity contribution in [1.29, 1.82) is 0 Å². The van der Waals surface area contributed by atoms with Gasteiger partial charge in [-0.2, -0.15) is 0 Å². The van der Waals surface area contributed by atoms with Gasteiger partial charge in [0.2, 0.25) is 0 Å². The van der Waals surface area contributed by atoms with Gasteiger partial charge in [0, 0.05) is 24.7 Å². The molecule has 0 bridgehead atoms. The van der Waals surface area contributed by atoms with Crippen LogP contribution in [-0.4, -0.2) is 17.4 Å². The second kappa shape index (κ2) is 6.69. The van der Waals surface area contributed by atoms with Gasteiger partial charge in [-0.3, -0.25) is 9.78 Å². The SMILES string of the molecule is CC(=O)Cc1ccc(OCCc2ccccn2)cc1. The van der Waals surface area contributed by atoms with E-state index >= 15 is 0 Å². The molecule has 0 N–H and O–H groups in total. The summed E-state index contributed by atoms with van der Waals surface area (Å²) >= 11 is 0. The third kappa shape index (κ3) is 4.54. The lowest BCUT2D eigenvalue weighted by atomic mass is 10.1. The van der Waals surface area contributed by atoms with Crippen molar-refractivity contribution in [2.75, 3.05) is 6.61 Å². The predicted octanol–water partition coefficient (Wildman–Crippen LogP) is 2.83. The number of benzene rings is 1. The number of pyridine rings is 1. The van der Waals surface area contributed by atoms with E-state index in [1.54, 1.807) is 13.1 Å². The minimum absolute atomic E-state index is 0.170. The maximum Gasteiger partial charge on any atom is 0.134 e. The zero-order chi connectivity index (χ0) is 13.5. The summed E-state index contributed by atoms with van der Waals surface area (Å²) in [4.78, 5) is 15.2. The van der Waals surface area contributed by atoms with Crippen molar-refractivity contribution in [3.8, 4) is 5.75 Å². The highest BCUT2D eigenvalue weighted by atomic mass is 16.5. The number of hydrogen-bond acceptors (Lipinski definition) is 3. The van der Waals surface area contributed by atoms with E-state index in [-0.39, 0.29) is 5.78 Å². The molecule has 0 unspecified atom stereocenters. The Kier molecular flexibility index (Phi) is 4.67. The number of carbonyl (C=O) groups excluding carboxylic acids is 1. The van der Waals surface area contributed by atoms with E-state index in [9.17, 15) is 4.79 Å². The van der Waals surface area contributed by atoms with Crippen LogP contribution in [0.25, 0.3) is 0 Å². The van der Waals surface area contributed by atoms with Crippen LogP contribution in [-0.2, 0) is 17.6 Å². The second-order valence-corrected chi connectivity index (χ2v) is 4.44. The van der Waals surface area contributed by atoms with Gasteiger partial charge in [-0.05, 0) is 36.8 Å². The topological polar surface area (TPSA) is 39.2 Å². The molecule has 0 fully saturated rings. The molecule has 2 aromatic rings. The van der Waals surface area contributed by atoms with Crippen molar-refractivity contribution in [2.45, 2.75) is 19.8 Å². The van der Waals surface area contributed by atoms with Crippen molar-refractivity contribution in [1.82, 2.24) is 4.98 Å². The number of ketones is 1. The van der Waals surface area contributed by atoms with Gasteiger partial charge in [0.15, 0.2) is 0 Å². The lowest BCUT2D eigenvalue weighted by Crippen LogP contribution is -2.03. The number of nitrogens with zero attached hydrogens (tertiary/aromatic N) is 1. The van der Waals surface area contributed by atoms with Crippen molar-refractivity contribution >= 4 is 5.78 Å².